The fourth-order valence-corrected chi connectivity index (χ4v) is 2.59. The summed E-state index contributed by atoms with van der Waals surface area (Å²) in [4.78, 5) is 0. The second-order valence-electron chi connectivity index (χ2n) is 4.66. The van der Waals surface area contributed by atoms with Crippen molar-refractivity contribution in [2.75, 3.05) is 7.11 Å². The molecule has 0 unspecified atom stereocenters. The monoisotopic (exact) mass is 195 g/mol. The van der Waals surface area contributed by atoms with Crippen LogP contribution in [0.2, 0.25) is 0 Å². The Morgan fingerprint density at radius 3 is 2.21 bits per heavy atom. The summed E-state index contributed by atoms with van der Waals surface area (Å²) in [5.41, 5.74) is -1.14. The Hall–Kier alpha value is -0.590. The van der Waals surface area contributed by atoms with E-state index in [0.717, 1.165) is 38.5 Å². The summed E-state index contributed by atoms with van der Waals surface area (Å²) in [7, 11) is 1.71. The van der Waals surface area contributed by atoms with Crippen molar-refractivity contribution in [3.63, 3.8) is 0 Å². The Morgan fingerprint density at radius 2 is 1.86 bits per heavy atom. The second-order valence-corrected chi connectivity index (χ2v) is 4.66. The summed E-state index contributed by atoms with van der Waals surface area (Å²) in [5.74, 6) is 0. The highest BCUT2D eigenvalue weighted by Crippen LogP contribution is 2.58. The Morgan fingerprint density at radius 1 is 1.29 bits per heavy atom. The quantitative estimate of drug-likeness (QED) is 0.728. The maximum absolute atomic E-state index is 10.4. The van der Waals surface area contributed by atoms with Crippen molar-refractivity contribution in [3.05, 3.63) is 0 Å². The van der Waals surface area contributed by atoms with E-state index in [-0.39, 0.29) is 6.10 Å². The number of nitrogens with zero attached hydrogens (tertiary/aromatic N) is 1. The first kappa shape index (κ1) is 9.95. The molecule has 0 saturated heterocycles. The first-order chi connectivity index (χ1) is 6.66. The molecule has 0 aliphatic heterocycles. The molecule has 2 rings (SSSR count). The third-order valence-corrected chi connectivity index (χ3v) is 3.95. The minimum Gasteiger partial charge on any atom is -0.388 e. The highest BCUT2D eigenvalue weighted by molar-refractivity contribution is 5.21. The number of aliphatic hydroxyl groups is 1. The highest BCUT2D eigenvalue weighted by Gasteiger charge is 2.59. The maximum Gasteiger partial charge on any atom is 0.0861 e. The van der Waals surface area contributed by atoms with Crippen molar-refractivity contribution >= 4 is 0 Å². The van der Waals surface area contributed by atoms with E-state index in [4.69, 9.17) is 10.00 Å². The molecule has 1 N–H and O–H groups in total. The maximum atomic E-state index is 10.4. The van der Waals surface area contributed by atoms with Crippen LogP contribution in [-0.2, 0) is 4.74 Å². The topological polar surface area (TPSA) is 53.2 Å². The molecule has 0 atom stereocenters. The van der Waals surface area contributed by atoms with Crippen LogP contribution in [0.15, 0.2) is 0 Å². The number of nitriles is 1. The third-order valence-electron chi connectivity index (χ3n) is 3.95. The molecule has 0 amide bonds. The zero-order chi connectivity index (χ0) is 10.2. The average molecular weight is 195 g/mol. The first-order valence-electron chi connectivity index (χ1n) is 5.32. The SMILES string of the molecule is COC1CCC(O)(C2(C#N)CC2)CC1. The molecule has 0 bridgehead atoms. The van der Waals surface area contributed by atoms with Crippen LogP contribution in [0, 0.1) is 16.7 Å². The lowest BCUT2D eigenvalue weighted by Gasteiger charge is -2.38. The Labute approximate surface area is 84.7 Å². The molecule has 0 aromatic carbocycles. The number of methoxy groups -OCH3 is 1. The molecule has 3 heteroatoms. The zero-order valence-electron chi connectivity index (χ0n) is 8.62. The van der Waals surface area contributed by atoms with E-state index in [9.17, 15) is 5.11 Å². The first-order valence-corrected chi connectivity index (χ1v) is 5.32. The highest BCUT2D eigenvalue weighted by atomic mass is 16.5. The third kappa shape index (κ3) is 1.34. The molecule has 2 aliphatic rings. The molecule has 0 heterocycles. The number of rotatable bonds is 2. The number of hydrogen-bond donors (Lipinski definition) is 1. The van der Waals surface area contributed by atoms with Gasteiger partial charge in [-0.1, -0.05) is 0 Å². The lowest BCUT2D eigenvalue weighted by Crippen LogP contribution is -2.43. The van der Waals surface area contributed by atoms with E-state index in [2.05, 4.69) is 6.07 Å². The summed E-state index contributed by atoms with van der Waals surface area (Å²) in [6.07, 6.45) is 5.24. The standard InChI is InChI=1S/C11H17NO2/c1-14-9-2-4-11(13,5-3-9)10(8-12)6-7-10/h9,13H,2-7H2,1H3. The van der Waals surface area contributed by atoms with Gasteiger partial charge in [0.25, 0.3) is 0 Å². The van der Waals surface area contributed by atoms with Crippen molar-refractivity contribution in [1.29, 1.82) is 5.26 Å². The van der Waals surface area contributed by atoms with Crippen LogP contribution in [-0.4, -0.2) is 23.9 Å². The van der Waals surface area contributed by atoms with E-state index in [1.54, 1.807) is 7.11 Å². The van der Waals surface area contributed by atoms with Gasteiger partial charge in [0, 0.05) is 7.11 Å². The molecule has 0 aromatic heterocycles. The Bertz CT molecular complexity index is 257. The van der Waals surface area contributed by atoms with Crippen molar-refractivity contribution in [2.45, 2.75) is 50.2 Å². The fourth-order valence-electron chi connectivity index (χ4n) is 2.59. The predicted octanol–water partition coefficient (Wildman–Crippen LogP) is 1.61. The summed E-state index contributed by atoms with van der Waals surface area (Å²) < 4.78 is 5.26. The molecule has 2 fully saturated rings. The molecule has 2 saturated carbocycles. The molecule has 0 spiro atoms. The number of hydrogen-bond acceptors (Lipinski definition) is 3. The van der Waals surface area contributed by atoms with Gasteiger partial charge in [0.2, 0.25) is 0 Å². The van der Waals surface area contributed by atoms with Crippen molar-refractivity contribution < 1.29 is 9.84 Å². The van der Waals surface area contributed by atoms with Gasteiger partial charge in [-0.25, -0.2) is 0 Å². The summed E-state index contributed by atoms with van der Waals surface area (Å²) in [6.45, 7) is 0. The Kier molecular flexibility index (Phi) is 2.29. The van der Waals surface area contributed by atoms with Gasteiger partial charge in [0.1, 0.15) is 0 Å². The zero-order valence-corrected chi connectivity index (χ0v) is 8.62. The lowest BCUT2D eigenvalue weighted by atomic mass is 9.73. The van der Waals surface area contributed by atoms with E-state index in [0.29, 0.717) is 0 Å². The molecule has 0 radical (unpaired) electrons. The molecular formula is C11H17NO2. The van der Waals surface area contributed by atoms with E-state index >= 15 is 0 Å². The van der Waals surface area contributed by atoms with Crippen molar-refractivity contribution in [1.82, 2.24) is 0 Å². The predicted molar refractivity (Wildman–Crippen MR) is 51.5 cm³/mol. The molecular weight excluding hydrogens is 178 g/mol. The summed E-state index contributed by atoms with van der Waals surface area (Å²) in [5, 5.41) is 19.5. The van der Waals surface area contributed by atoms with Crippen LogP contribution in [0.4, 0.5) is 0 Å². The molecule has 2 aliphatic carbocycles. The molecule has 78 valence electrons. The van der Waals surface area contributed by atoms with E-state index in [1.807, 2.05) is 0 Å². The van der Waals surface area contributed by atoms with Gasteiger partial charge in [-0.15, -0.1) is 0 Å². The van der Waals surface area contributed by atoms with Gasteiger partial charge >= 0.3 is 0 Å². The lowest BCUT2D eigenvalue weighted by molar-refractivity contribution is -0.0752. The van der Waals surface area contributed by atoms with Crippen LogP contribution in [0.5, 0.6) is 0 Å². The minimum atomic E-state index is -0.725. The van der Waals surface area contributed by atoms with Gasteiger partial charge in [-0.05, 0) is 38.5 Å². The van der Waals surface area contributed by atoms with Gasteiger partial charge in [-0.3, -0.25) is 0 Å². The molecule has 0 aromatic rings. The van der Waals surface area contributed by atoms with Crippen LogP contribution in [0.3, 0.4) is 0 Å². The van der Waals surface area contributed by atoms with Crippen molar-refractivity contribution in [3.8, 4) is 6.07 Å². The van der Waals surface area contributed by atoms with Crippen LogP contribution in [0.1, 0.15) is 38.5 Å². The van der Waals surface area contributed by atoms with E-state index in [1.165, 1.54) is 0 Å². The van der Waals surface area contributed by atoms with Gasteiger partial charge in [-0.2, -0.15) is 5.26 Å². The largest absolute Gasteiger partial charge is 0.388 e. The van der Waals surface area contributed by atoms with E-state index < -0.39 is 11.0 Å². The van der Waals surface area contributed by atoms with Gasteiger partial charge in [0.05, 0.1) is 23.2 Å². The van der Waals surface area contributed by atoms with Crippen LogP contribution in [0.25, 0.3) is 0 Å². The summed E-state index contributed by atoms with van der Waals surface area (Å²) in [6, 6.07) is 2.30. The average Bonchev–Trinajstić information content (AvgIpc) is 3.00. The molecule has 14 heavy (non-hydrogen) atoms. The smallest absolute Gasteiger partial charge is 0.0861 e. The van der Waals surface area contributed by atoms with Crippen LogP contribution >= 0.6 is 0 Å². The van der Waals surface area contributed by atoms with Crippen LogP contribution < -0.4 is 0 Å². The fraction of sp³-hybridized carbons (Fsp3) is 0.909. The van der Waals surface area contributed by atoms with Gasteiger partial charge < -0.3 is 9.84 Å². The number of ether oxygens (including phenoxy) is 1. The summed E-state index contributed by atoms with van der Waals surface area (Å²) >= 11 is 0. The minimum absolute atomic E-state index is 0.282. The van der Waals surface area contributed by atoms with Gasteiger partial charge in [0.15, 0.2) is 0 Å². The van der Waals surface area contributed by atoms with Crippen molar-refractivity contribution in [2.24, 2.45) is 5.41 Å². The Balaban J connectivity index is 2.03. The second kappa shape index (κ2) is 3.22. The normalized spacial score (nSPS) is 40.2. The molecule has 3 nitrogen and oxygen atoms in total.